The molecule has 0 spiro atoms. The maximum atomic E-state index is 3.39. The van der Waals surface area contributed by atoms with Gasteiger partial charge in [0.2, 0.25) is 0 Å². The summed E-state index contributed by atoms with van der Waals surface area (Å²) in [5, 5.41) is 0. The monoisotopic (exact) mass is 273 g/mol. The van der Waals surface area contributed by atoms with E-state index in [9.17, 15) is 0 Å². The summed E-state index contributed by atoms with van der Waals surface area (Å²) in [7, 11) is 0. The molecule has 2 aromatic rings. The van der Waals surface area contributed by atoms with Crippen molar-refractivity contribution in [3.8, 4) is 10.7 Å². The van der Waals surface area contributed by atoms with Crippen molar-refractivity contribution in [3.05, 3.63) is 60.7 Å². The van der Waals surface area contributed by atoms with Gasteiger partial charge in [-0.2, -0.15) is 0 Å². The zero-order chi connectivity index (χ0) is 11.2. The molecule has 0 bridgehead atoms. The molecule has 0 aliphatic rings. The van der Waals surface area contributed by atoms with Gasteiger partial charge >= 0.3 is 101 Å². The van der Waals surface area contributed by atoms with Crippen molar-refractivity contribution in [2.75, 3.05) is 0 Å². The van der Waals surface area contributed by atoms with Crippen molar-refractivity contribution >= 4 is 22.8 Å². The molecule has 0 radical (unpaired) electrons. The predicted octanol–water partition coefficient (Wildman–Crippen LogP) is 1.86. The predicted molar refractivity (Wildman–Crippen MR) is 71.4 cm³/mol. The van der Waals surface area contributed by atoms with Crippen LogP contribution >= 0.6 is 0 Å². The summed E-state index contributed by atoms with van der Waals surface area (Å²) in [6.45, 7) is 1.92. The molecule has 0 aromatic heterocycles. The minimum atomic E-state index is -1.16. The molecular formula is C15H13Se+. The molecular weight excluding hydrogens is 259 g/mol. The quantitative estimate of drug-likeness (QED) is 0.578. The molecule has 0 aliphatic carbocycles. The van der Waals surface area contributed by atoms with Gasteiger partial charge in [-0.25, -0.2) is 0 Å². The van der Waals surface area contributed by atoms with E-state index in [1.807, 2.05) is 6.92 Å². The molecule has 0 heterocycles. The number of hydrogen-bond acceptors (Lipinski definition) is 0. The molecule has 78 valence electrons. The van der Waals surface area contributed by atoms with E-state index in [2.05, 4.69) is 71.4 Å². The van der Waals surface area contributed by atoms with Gasteiger partial charge in [0.25, 0.3) is 0 Å². The van der Waals surface area contributed by atoms with E-state index in [0.717, 1.165) is 0 Å². The summed E-state index contributed by atoms with van der Waals surface area (Å²) < 4.78 is 2.76. The average Bonchev–Trinajstić information content (AvgIpc) is 2.38. The first-order valence-corrected chi connectivity index (χ1v) is 7.75. The average molecular weight is 272 g/mol. The Balaban J connectivity index is 2.42. The molecule has 1 heteroatoms. The van der Waals surface area contributed by atoms with Gasteiger partial charge in [0.15, 0.2) is 0 Å². The molecule has 2 rings (SSSR count). The van der Waals surface area contributed by atoms with Gasteiger partial charge in [0.1, 0.15) is 0 Å². The van der Waals surface area contributed by atoms with Crippen LogP contribution in [0.3, 0.4) is 0 Å². The molecule has 16 heavy (non-hydrogen) atoms. The number of rotatable bonds is 2. The van der Waals surface area contributed by atoms with Gasteiger partial charge < -0.3 is 0 Å². The Morgan fingerprint density at radius 2 is 1.19 bits per heavy atom. The zero-order valence-electron chi connectivity index (χ0n) is 9.18. The van der Waals surface area contributed by atoms with E-state index in [4.69, 9.17) is 0 Å². The summed E-state index contributed by atoms with van der Waals surface area (Å²) in [6, 6.07) is 21.2. The van der Waals surface area contributed by atoms with Gasteiger partial charge in [-0.1, -0.05) is 0 Å². The Bertz CT molecular complexity index is 452. The van der Waals surface area contributed by atoms with Crippen molar-refractivity contribution in [1.82, 2.24) is 0 Å². The fraction of sp³-hybridized carbons (Fsp3) is 0.0667. The molecule has 0 aliphatic heterocycles. The van der Waals surface area contributed by atoms with Crippen LogP contribution in [0, 0.1) is 10.7 Å². The first-order chi connectivity index (χ1) is 7.92. The van der Waals surface area contributed by atoms with Gasteiger partial charge in [-0.15, -0.1) is 0 Å². The molecule has 0 fully saturated rings. The summed E-state index contributed by atoms with van der Waals surface area (Å²) in [5.74, 6) is 3.07. The Hall–Kier alpha value is -1.48. The SMILES string of the molecule is CC#C[Se+](c1ccccc1)c1ccccc1. The Morgan fingerprint density at radius 3 is 1.56 bits per heavy atom. The van der Waals surface area contributed by atoms with Crippen LogP contribution in [0.1, 0.15) is 6.92 Å². The van der Waals surface area contributed by atoms with Crippen LogP contribution in [0.5, 0.6) is 0 Å². The van der Waals surface area contributed by atoms with Gasteiger partial charge in [-0.3, -0.25) is 0 Å². The first kappa shape index (κ1) is 11.0. The normalized spacial score (nSPS) is 9.62. The Labute approximate surface area is 101 Å². The molecule has 0 amide bonds. The second kappa shape index (κ2) is 5.56. The molecule has 0 atom stereocenters. The van der Waals surface area contributed by atoms with Crippen LogP contribution in [0.4, 0.5) is 0 Å². The third-order valence-corrected chi connectivity index (χ3v) is 6.14. The van der Waals surface area contributed by atoms with Gasteiger partial charge in [-0.05, 0) is 0 Å². The van der Waals surface area contributed by atoms with E-state index in [1.54, 1.807) is 0 Å². The van der Waals surface area contributed by atoms with Crippen molar-refractivity contribution in [1.29, 1.82) is 0 Å². The van der Waals surface area contributed by atoms with Crippen molar-refractivity contribution in [2.24, 2.45) is 0 Å². The van der Waals surface area contributed by atoms with Crippen LogP contribution in [-0.4, -0.2) is 13.9 Å². The van der Waals surface area contributed by atoms with Gasteiger partial charge in [0, 0.05) is 0 Å². The zero-order valence-corrected chi connectivity index (χ0v) is 10.9. The number of benzene rings is 2. The number of hydrogen-bond donors (Lipinski definition) is 0. The van der Waals surface area contributed by atoms with Crippen LogP contribution in [0.2, 0.25) is 0 Å². The topological polar surface area (TPSA) is 0 Å². The third-order valence-electron chi connectivity index (χ3n) is 2.16. The Morgan fingerprint density at radius 1 is 0.750 bits per heavy atom. The maximum absolute atomic E-state index is 3.39. The van der Waals surface area contributed by atoms with Gasteiger partial charge in [0.05, 0.1) is 0 Å². The summed E-state index contributed by atoms with van der Waals surface area (Å²) in [4.78, 5) is 3.39. The summed E-state index contributed by atoms with van der Waals surface area (Å²) in [5.41, 5.74) is 0. The standard InChI is InChI=1S/C15H13Se/c1-2-13-16(14-9-5-3-6-10-14)15-11-7-4-8-12-15/h3-12H,1H3/q+1. The third kappa shape index (κ3) is 2.55. The summed E-state index contributed by atoms with van der Waals surface area (Å²) >= 11 is -1.16. The minimum absolute atomic E-state index is 1.16. The van der Waals surface area contributed by atoms with Crippen molar-refractivity contribution < 1.29 is 0 Å². The van der Waals surface area contributed by atoms with Crippen LogP contribution in [-0.2, 0) is 0 Å². The second-order valence-corrected chi connectivity index (χ2v) is 6.98. The fourth-order valence-corrected chi connectivity index (χ4v) is 4.76. The van der Waals surface area contributed by atoms with Crippen LogP contribution in [0.15, 0.2) is 60.7 Å². The Kier molecular flexibility index (Phi) is 3.83. The first-order valence-electron chi connectivity index (χ1n) is 5.18. The molecule has 0 unspecified atom stereocenters. The fourth-order valence-electron chi connectivity index (χ4n) is 1.47. The molecule has 0 nitrogen and oxygen atoms in total. The van der Waals surface area contributed by atoms with E-state index >= 15 is 0 Å². The van der Waals surface area contributed by atoms with Crippen LogP contribution < -0.4 is 8.92 Å². The molecule has 0 N–H and O–H groups in total. The molecule has 0 saturated heterocycles. The summed E-state index contributed by atoms with van der Waals surface area (Å²) in [6.07, 6.45) is 0. The second-order valence-electron chi connectivity index (χ2n) is 3.28. The van der Waals surface area contributed by atoms with Crippen LogP contribution in [0.25, 0.3) is 0 Å². The van der Waals surface area contributed by atoms with Crippen molar-refractivity contribution in [3.63, 3.8) is 0 Å². The van der Waals surface area contributed by atoms with E-state index in [0.29, 0.717) is 0 Å². The van der Waals surface area contributed by atoms with E-state index in [-0.39, 0.29) is 0 Å². The van der Waals surface area contributed by atoms with E-state index < -0.39 is 13.9 Å². The molecule has 0 saturated carbocycles. The van der Waals surface area contributed by atoms with E-state index in [1.165, 1.54) is 8.92 Å². The molecule has 2 aromatic carbocycles. The van der Waals surface area contributed by atoms with Crippen molar-refractivity contribution in [2.45, 2.75) is 6.92 Å².